The molecule has 0 saturated carbocycles. The van der Waals surface area contributed by atoms with Crippen LogP contribution in [0, 0.1) is 5.82 Å². The number of amides is 1. The Balaban J connectivity index is 2.27. The summed E-state index contributed by atoms with van der Waals surface area (Å²) in [7, 11) is -3.89. The average molecular weight is 394 g/mol. The van der Waals surface area contributed by atoms with Crippen LogP contribution in [0.5, 0.6) is 5.75 Å². The van der Waals surface area contributed by atoms with E-state index in [4.69, 9.17) is 4.74 Å². The third kappa shape index (κ3) is 5.43. The number of para-hydroxylation sites is 1. The molecule has 0 spiro atoms. The highest BCUT2D eigenvalue weighted by Gasteiger charge is 2.31. The Morgan fingerprint density at radius 3 is 2.37 bits per heavy atom. The number of carbonyl (C=O) groups is 1. The average Bonchev–Trinajstić information content (AvgIpc) is 2.55. The van der Waals surface area contributed by atoms with Crippen molar-refractivity contribution in [1.29, 1.82) is 0 Å². The van der Waals surface area contributed by atoms with Crippen LogP contribution in [0.4, 0.5) is 15.8 Å². The highest BCUT2D eigenvalue weighted by atomic mass is 32.2. The van der Waals surface area contributed by atoms with Crippen molar-refractivity contribution in [2.45, 2.75) is 32.9 Å². The maximum absolute atomic E-state index is 14.1. The van der Waals surface area contributed by atoms with Crippen LogP contribution >= 0.6 is 0 Å². The van der Waals surface area contributed by atoms with Crippen molar-refractivity contribution >= 4 is 27.3 Å². The number of sulfonamides is 1. The minimum absolute atomic E-state index is 0.0309. The lowest BCUT2D eigenvalue weighted by atomic mass is 10.2. The second kappa shape index (κ2) is 8.39. The van der Waals surface area contributed by atoms with Gasteiger partial charge in [-0.05, 0) is 45.0 Å². The summed E-state index contributed by atoms with van der Waals surface area (Å²) >= 11 is 0. The summed E-state index contributed by atoms with van der Waals surface area (Å²) < 4.78 is 44.9. The quantitative estimate of drug-likeness (QED) is 0.781. The van der Waals surface area contributed by atoms with Gasteiger partial charge < -0.3 is 10.1 Å². The molecule has 0 fully saturated rings. The van der Waals surface area contributed by atoms with Gasteiger partial charge in [0.2, 0.25) is 15.9 Å². The predicted molar refractivity (Wildman–Crippen MR) is 104 cm³/mol. The number of nitrogens with one attached hydrogen (secondary N) is 1. The van der Waals surface area contributed by atoms with E-state index in [1.165, 1.54) is 25.1 Å². The number of benzene rings is 2. The molecule has 0 unspecified atom stereocenters. The smallest absolute Gasteiger partial charge is 0.247 e. The molecule has 6 nitrogen and oxygen atoms in total. The maximum atomic E-state index is 14.1. The Hall–Kier alpha value is -2.61. The Morgan fingerprint density at radius 2 is 1.78 bits per heavy atom. The molecule has 2 rings (SSSR count). The molecule has 1 N–H and O–H groups in total. The highest BCUT2D eigenvalue weighted by molar-refractivity contribution is 7.92. The van der Waals surface area contributed by atoms with Crippen molar-refractivity contribution in [3.8, 4) is 5.75 Å². The number of carbonyl (C=O) groups excluding carboxylic acids is 1. The molecule has 0 aliphatic carbocycles. The molecule has 146 valence electrons. The van der Waals surface area contributed by atoms with Gasteiger partial charge in [-0.3, -0.25) is 9.10 Å². The fourth-order valence-electron chi connectivity index (χ4n) is 2.58. The second-order valence-corrected chi connectivity index (χ2v) is 8.23. The highest BCUT2D eigenvalue weighted by Crippen LogP contribution is 2.25. The van der Waals surface area contributed by atoms with Crippen LogP contribution in [0.2, 0.25) is 0 Å². The van der Waals surface area contributed by atoms with Crippen molar-refractivity contribution < 1.29 is 22.3 Å². The van der Waals surface area contributed by atoms with Gasteiger partial charge in [0.05, 0.1) is 18.0 Å². The largest absolute Gasteiger partial charge is 0.491 e. The summed E-state index contributed by atoms with van der Waals surface area (Å²) in [6.45, 7) is 5.16. The fourth-order valence-corrected chi connectivity index (χ4v) is 3.75. The van der Waals surface area contributed by atoms with E-state index in [-0.39, 0.29) is 11.8 Å². The summed E-state index contributed by atoms with van der Waals surface area (Å²) in [5.74, 6) is -0.746. The van der Waals surface area contributed by atoms with E-state index < -0.39 is 27.8 Å². The Kier molecular flexibility index (Phi) is 6.43. The number of nitrogens with zero attached hydrogens (tertiary/aromatic N) is 1. The van der Waals surface area contributed by atoms with E-state index in [9.17, 15) is 17.6 Å². The maximum Gasteiger partial charge on any atom is 0.247 e. The minimum atomic E-state index is -3.89. The van der Waals surface area contributed by atoms with E-state index in [1.807, 2.05) is 13.8 Å². The number of hydrogen-bond acceptors (Lipinski definition) is 4. The molecule has 0 aromatic heterocycles. The van der Waals surface area contributed by atoms with Crippen molar-refractivity contribution in [2.24, 2.45) is 0 Å². The lowest BCUT2D eigenvalue weighted by Gasteiger charge is -2.28. The van der Waals surface area contributed by atoms with E-state index in [1.54, 1.807) is 24.3 Å². The van der Waals surface area contributed by atoms with Crippen LogP contribution in [0.25, 0.3) is 0 Å². The first kappa shape index (κ1) is 20.7. The van der Waals surface area contributed by atoms with Gasteiger partial charge in [0.1, 0.15) is 17.6 Å². The van der Waals surface area contributed by atoms with Crippen LogP contribution in [0.1, 0.15) is 20.8 Å². The normalized spacial score (nSPS) is 12.5. The summed E-state index contributed by atoms with van der Waals surface area (Å²) in [6.07, 6.45) is 0.900. The van der Waals surface area contributed by atoms with Crippen LogP contribution in [-0.2, 0) is 14.8 Å². The minimum Gasteiger partial charge on any atom is -0.491 e. The fraction of sp³-hybridized carbons (Fsp3) is 0.316. The van der Waals surface area contributed by atoms with Crippen LogP contribution in [0.3, 0.4) is 0 Å². The van der Waals surface area contributed by atoms with Gasteiger partial charge in [-0.25, -0.2) is 12.8 Å². The molecular formula is C19H23FN2O4S. The molecule has 0 aliphatic rings. The van der Waals surface area contributed by atoms with E-state index in [0.29, 0.717) is 11.4 Å². The van der Waals surface area contributed by atoms with Gasteiger partial charge >= 0.3 is 0 Å². The van der Waals surface area contributed by atoms with Crippen molar-refractivity contribution in [3.63, 3.8) is 0 Å². The standard InChI is InChI=1S/C19H23FN2O4S/c1-13(2)26-16-9-7-8-15(12-16)21-19(23)14(3)22(27(4,24)25)18-11-6-5-10-17(18)20/h5-14H,1-4H3,(H,21,23)/t14-/m1/s1. The summed E-state index contributed by atoms with van der Waals surface area (Å²) in [5, 5.41) is 2.65. The van der Waals surface area contributed by atoms with Crippen LogP contribution in [-0.4, -0.2) is 32.7 Å². The first-order valence-electron chi connectivity index (χ1n) is 8.41. The molecule has 1 atom stereocenters. The molecule has 2 aromatic rings. The summed E-state index contributed by atoms with van der Waals surface area (Å²) in [4.78, 5) is 12.6. The lowest BCUT2D eigenvalue weighted by molar-refractivity contribution is -0.116. The molecule has 0 heterocycles. The molecule has 8 heteroatoms. The molecule has 27 heavy (non-hydrogen) atoms. The lowest BCUT2D eigenvalue weighted by Crippen LogP contribution is -2.45. The van der Waals surface area contributed by atoms with E-state index in [2.05, 4.69) is 5.32 Å². The Morgan fingerprint density at radius 1 is 1.11 bits per heavy atom. The second-order valence-electron chi connectivity index (χ2n) is 6.37. The number of halogens is 1. The first-order valence-corrected chi connectivity index (χ1v) is 10.3. The van der Waals surface area contributed by atoms with E-state index >= 15 is 0 Å². The first-order chi connectivity index (χ1) is 12.6. The van der Waals surface area contributed by atoms with Crippen LogP contribution in [0.15, 0.2) is 48.5 Å². The molecular weight excluding hydrogens is 371 g/mol. The molecule has 0 aliphatic heterocycles. The zero-order valence-electron chi connectivity index (χ0n) is 15.6. The van der Waals surface area contributed by atoms with Gasteiger partial charge in [-0.1, -0.05) is 18.2 Å². The monoisotopic (exact) mass is 394 g/mol. The SMILES string of the molecule is CC(C)Oc1cccc(NC(=O)[C@@H](C)N(c2ccccc2F)S(C)(=O)=O)c1. The zero-order chi connectivity index (χ0) is 20.2. The summed E-state index contributed by atoms with van der Waals surface area (Å²) in [5.41, 5.74) is 0.270. The zero-order valence-corrected chi connectivity index (χ0v) is 16.5. The summed E-state index contributed by atoms with van der Waals surface area (Å²) in [6, 6.07) is 11.0. The third-order valence-corrected chi connectivity index (χ3v) is 4.88. The number of ether oxygens (including phenoxy) is 1. The molecule has 2 aromatic carbocycles. The van der Waals surface area contributed by atoms with Gasteiger partial charge in [-0.15, -0.1) is 0 Å². The number of anilines is 2. The van der Waals surface area contributed by atoms with Crippen molar-refractivity contribution in [1.82, 2.24) is 0 Å². The molecule has 0 radical (unpaired) electrons. The van der Waals surface area contributed by atoms with Gasteiger partial charge in [0, 0.05) is 11.8 Å². The molecule has 1 amide bonds. The van der Waals surface area contributed by atoms with Gasteiger partial charge in [0.15, 0.2) is 0 Å². The van der Waals surface area contributed by atoms with Crippen molar-refractivity contribution in [2.75, 3.05) is 15.9 Å². The van der Waals surface area contributed by atoms with Crippen molar-refractivity contribution in [3.05, 3.63) is 54.3 Å². The van der Waals surface area contributed by atoms with Gasteiger partial charge in [0.25, 0.3) is 0 Å². The predicted octanol–water partition coefficient (Wildman–Crippen LogP) is 3.41. The van der Waals surface area contributed by atoms with E-state index in [0.717, 1.165) is 16.6 Å². The van der Waals surface area contributed by atoms with Crippen LogP contribution < -0.4 is 14.4 Å². The molecule has 0 bridgehead atoms. The molecule has 0 saturated heterocycles. The van der Waals surface area contributed by atoms with Gasteiger partial charge in [-0.2, -0.15) is 0 Å². The third-order valence-electron chi connectivity index (χ3n) is 3.65. The Bertz CT molecular complexity index is 915. The number of rotatable bonds is 7. The number of hydrogen-bond donors (Lipinski definition) is 1. The Labute approximate surface area is 159 Å². The topological polar surface area (TPSA) is 75.7 Å².